The smallest absolute Gasteiger partial charge is 0.338 e. The van der Waals surface area contributed by atoms with Gasteiger partial charge in [-0.2, -0.15) is 0 Å². The Morgan fingerprint density at radius 3 is 3.00 bits per heavy atom. The number of para-hydroxylation sites is 1. The van der Waals surface area contributed by atoms with Crippen LogP contribution < -0.4 is 4.74 Å². The van der Waals surface area contributed by atoms with Crippen molar-refractivity contribution in [3.63, 3.8) is 0 Å². The zero-order valence-electron chi connectivity index (χ0n) is 12.5. The molecule has 3 aromatic rings. The van der Waals surface area contributed by atoms with Gasteiger partial charge in [0.1, 0.15) is 12.4 Å². The molecule has 1 aromatic carbocycles. The molecule has 2 aromatic heterocycles. The van der Waals surface area contributed by atoms with E-state index in [2.05, 4.69) is 10.2 Å². The van der Waals surface area contributed by atoms with E-state index in [-0.39, 0.29) is 19.1 Å². The van der Waals surface area contributed by atoms with Crippen molar-refractivity contribution in [2.24, 2.45) is 0 Å². The van der Waals surface area contributed by atoms with E-state index in [4.69, 9.17) is 13.9 Å². The molecule has 0 aliphatic carbocycles. The maximum atomic E-state index is 12.2. The number of thiophene rings is 1. The summed E-state index contributed by atoms with van der Waals surface area (Å²) in [7, 11) is 0. The van der Waals surface area contributed by atoms with E-state index in [1.165, 1.54) is 11.3 Å². The third-order valence-electron chi connectivity index (χ3n) is 3.42. The van der Waals surface area contributed by atoms with Gasteiger partial charge in [0, 0.05) is 5.56 Å². The van der Waals surface area contributed by atoms with Crippen LogP contribution in [0.2, 0.25) is 0 Å². The van der Waals surface area contributed by atoms with Crippen LogP contribution in [0.3, 0.4) is 0 Å². The summed E-state index contributed by atoms with van der Waals surface area (Å²) in [6.07, 6.45) is 1.77. The van der Waals surface area contributed by atoms with Crippen molar-refractivity contribution < 1.29 is 18.7 Å². The standard InChI is InChI=1S/C17H12N2O4S/c20-17(12-8-11-4-1-2-5-13(11)21-9-12)22-10-15-18-19-16(23-15)14-6-3-7-24-14/h1-8H,9-10H2. The molecule has 0 radical (unpaired) electrons. The predicted molar refractivity (Wildman–Crippen MR) is 87.3 cm³/mol. The Bertz CT molecular complexity index is 899. The highest BCUT2D eigenvalue weighted by atomic mass is 32.1. The van der Waals surface area contributed by atoms with Crippen LogP contribution in [0.4, 0.5) is 0 Å². The van der Waals surface area contributed by atoms with Gasteiger partial charge in [-0.25, -0.2) is 4.79 Å². The number of ether oxygens (including phenoxy) is 2. The maximum Gasteiger partial charge on any atom is 0.338 e. The Balaban J connectivity index is 1.42. The van der Waals surface area contributed by atoms with Crippen LogP contribution in [0.1, 0.15) is 11.5 Å². The normalized spacial score (nSPS) is 12.9. The summed E-state index contributed by atoms with van der Waals surface area (Å²) in [6, 6.07) is 11.3. The molecule has 24 heavy (non-hydrogen) atoms. The first-order chi connectivity index (χ1) is 11.8. The van der Waals surface area contributed by atoms with Crippen LogP contribution in [-0.2, 0) is 16.1 Å². The molecule has 0 N–H and O–H groups in total. The minimum atomic E-state index is -0.458. The molecule has 3 heterocycles. The lowest BCUT2D eigenvalue weighted by atomic mass is 10.1. The van der Waals surface area contributed by atoms with Crippen LogP contribution in [0, 0.1) is 0 Å². The molecule has 4 rings (SSSR count). The van der Waals surface area contributed by atoms with E-state index in [1.54, 1.807) is 6.08 Å². The second-order valence-corrected chi connectivity index (χ2v) is 6.00. The zero-order valence-corrected chi connectivity index (χ0v) is 13.3. The van der Waals surface area contributed by atoms with Crippen LogP contribution in [0.25, 0.3) is 16.8 Å². The van der Waals surface area contributed by atoms with Gasteiger partial charge in [0.25, 0.3) is 11.8 Å². The summed E-state index contributed by atoms with van der Waals surface area (Å²) < 4.78 is 16.3. The zero-order chi connectivity index (χ0) is 16.4. The molecule has 1 aliphatic heterocycles. The number of hydrogen-bond acceptors (Lipinski definition) is 7. The Kier molecular flexibility index (Phi) is 3.84. The lowest BCUT2D eigenvalue weighted by Crippen LogP contribution is -2.17. The van der Waals surface area contributed by atoms with E-state index < -0.39 is 5.97 Å². The highest BCUT2D eigenvalue weighted by molar-refractivity contribution is 7.13. The lowest BCUT2D eigenvalue weighted by Gasteiger charge is -2.16. The first-order valence-electron chi connectivity index (χ1n) is 7.25. The summed E-state index contributed by atoms with van der Waals surface area (Å²) in [5.41, 5.74) is 1.31. The van der Waals surface area contributed by atoms with Crippen molar-refractivity contribution in [3.05, 3.63) is 58.8 Å². The molecular formula is C17H12N2O4S. The molecule has 6 nitrogen and oxygen atoms in total. The lowest BCUT2D eigenvalue weighted by molar-refractivity contribution is -0.141. The largest absolute Gasteiger partial charge is 0.488 e. The van der Waals surface area contributed by atoms with Crippen LogP contribution >= 0.6 is 11.3 Å². The van der Waals surface area contributed by atoms with Crippen molar-refractivity contribution in [2.75, 3.05) is 6.61 Å². The monoisotopic (exact) mass is 340 g/mol. The van der Waals surface area contributed by atoms with E-state index in [1.807, 2.05) is 41.8 Å². The molecule has 0 spiro atoms. The first-order valence-corrected chi connectivity index (χ1v) is 8.13. The number of nitrogens with zero attached hydrogens (tertiary/aromatic N) is 2. The van der Waals surface area contributed by atoms with Crippen molar-refractivity contribution in [1.29, 1.82) is 0 Å². The summed E-state index contributed by atoms with van der Waals surface area (Å²) in [4.78, 5) is 13.0. The molecule has 0 saturated heterocycles. The van der Waals surface area contributed by atoms with Crippen LogP contribution in [-0.4, -0.2) is 22.8 Å². The first kappa shape index (κ1) is 14.6. The Morgan fingerprint density at radius 1 is 1.21 bits per heavy atom. The summed E-state index contributed by atoms with van der Waals surface area (Å²) >= 11 is 1.50. The fourth-order valence-electron chi connectivity index (χ4n) is 2.27. The molecule has 0 saturated carbocycles. The number of fused-ring (bicyclic) bond motifs is 1. The van der Waals surface area contributed by atoms with Gasteiger partial charge in [0.2, 0.25) is 0 Å². The predicted octanol–water partition coefficient (Wildman–Crippen LogP) is 3.32. The highest BCUT2D eigenvalue weighted by Crippen LogP contribution is 2.26. The van der Waals surface area contributed by atoms with Crippen molar-refractivity contribution in [2.45, 2.75) is 6.61 Å². The molecule has 0 atom stereocenters. The average molecular weight is 340 g/mol. The Morgan fingerprint density at radius 2 is 2.12 bits per heavy atom. The molecule has 0 bridgehead atoms. The van der Waals surface area contributed by atoms with E-state index in [9.17, 15) is 4.79 Å². The van der Waals surface area contributed by atoms with Gasteiger partial charge in [-0.3, -0.25) is 0 Å². The van der Waals surface area contributed by atoms with Crippen molar-refractivity contribution in [1.82, 2.24) is 10.2 Å². The summed E-state index contributed by atoms with van der Waals surface area (Å²) in [6.45, 7) is 0.107. The van der Waals surface area contributed by atoms with Crippen molar-refractivity contribution >= 4 is 23.4 Å². The number of benzene rings is 1. The van der Waals surface area contributed by atoms with Gasteiger partial charge in [0.05, 0.1) is 10.5 Å². The number of esters is 1. The summed E-state index contributed by atoms with van der Waals surface area (Å²) in [5, 5.41) is 9.75. The average Bonchev–Trinajstić information content (AvgIpc) is 3.30. The van der Waals surface area contributed by atoms with E-state index >= 15 is 0 Å². The number of carbonyl (C=O) groups excluding carboxylic acids is 1. The third kappa shape index (κ3) is 2.93. The Hall–Kier alpha value is -2.93. The van der Waals surface area contributed by atoms with Gasteiger partial charge >= 0.3 is 5.97 Å². The molecule has 7 heteroatoms. The summed E-state index contributed by atoms with van der Waals surface area (Å²) in [5.74, 6) is 0.974. The van der Waals surface area contributed by atoms with Gasteiger partial charge in [0.15, 0.2) is 6.61 Å². The van der Waals surface area contributed by atoms with E-state index in [0.29, 0.717) is 11.5 Å². The molecule has 1 aliphatic rings. The minimum absolute atomic E-state index is 0.0732. The molecule has 0 fully saturated rings. The van der Waals surface area contributed by atoms with Crippen LogP contribution in [0.5, 0.6) is 5.75 Å². The number of carbonyl (C=O) groups is 1. The second-order valence-electron chi connectivity index (χ2n) is 5.05. The van der Waals surface area contributed by atoms with Gasteiger partial charge in [-0.15, -0.1) is 21.5 Å². The number of rotatable bonds is 4. The molecule has 120 valence electrons. The van der Waals surface area contributed by atoms with Crippen molar-refractivity contribution in [3.8, 4) is 16.5 Å². The van der Waals surface area contributed by atoms with Gasteiger partial charge in [-0.05, 0) is 23.6 Å². The minimum Gasteiger partial charge on any atom is -0.488 e. The molecular weight excluding hydrogens is 328 g/mol. The molecule has 0 unspecified atom stereocenters. The van der Waals surface area contributed by atoms with E-state index in [0.717, 1.165) is 16.2 Å². The fourth-order valence-corrected chi connectivity index (χ4v) is 2.91. The van der Waals surface area contributed by atoms with Crippen LogP contribution in [0.15, 0.2) is 51.8 Å². The third-order valence-corrected chi connectivity index (χ3v) is 4.28. The van der Waals surface area contributed by atoms with Gasteiger partial charge < -0.3 is 13.9 Å². The Labute approximate surface area is 141 Å². The SMILES string of the molecule is O=C(OCc1nnc(-c2cccs2)o1)C1=Cc2ccccc2OC1. The second kappa shape index (κ2) is 6.29. The number of aromatic nitrogens is 2. The topological polar surface area (TPSA) is 74.5 Å². The number of hydrogen-bond donors (Lipinski definition) is 0. The fraction of sp³-hybridized carbons (Fsp3) is 0.118. The maximum absolute atomic E-state index is 12.2. The highest BCUT2D eigenvalue weighted by Gasteiger charge is 2.19. The van der Waals surface area contributed by atoms with Gasteiger partial charge in [-0.1, -0.05) is 24.3 Å². The quantitative estimate of drug-likeness (QED) is 0.678. The molecule has 0 amide bonds.